The number of carbonyl (C=O) groups excluding carboxylic acids is 5. The van der Waals surface area contributed by atoms with Gasteiger partial charge in [0.15, 0.2) is 75.3 Å². The number of carbonyl (C=O) groups is 6. The van der Waals surface area contributed by atoms with Crippen LogP contribution in [0.2, 0.25) is 70.5 Å². The molecule has 0 radical (unpaired) electrons. The number of hydrogen-bond acceptors (Lipinski definition) is 12. The molecule has 0 aromatic heterocycles. The molecule has 0 bridgehead atoms. The Hall–Kier alpha value is -11.3. The molecule has 0 saturated heterocycles. The van der Waals surface area contributed by atoms with Crippen LogP contribution in [0, 0.1) is 55.7 Å². The maximum absolute atomic E-state index is 15.7. The molecule has 127 heavy (non-hydrogen) atoms. The molecule has 5 N–H and O–H groups in total. The predicted molar refractivity (Wildman–Crippen MR) is 502 cm³/mol. The van der Waals surface area contributed by atoms with E-state index in [4.69, 9.17) is 9.16 Å². The molecule has 10 aromatic rings. The van der Waals surface area contributed by atoms with Gasteiger partial charge in [-0.15, -0.1) is 0 Å². The summed E-state index contributed by atoms with van der Waals surface area (Å²) >= 11 is 6.70. The topological polar surface area (TPSA) is 222 Å². The number of carboxylic acid groups (broad SMARTS) is 1. The molecule has 2 aliphatic carbocycles. The number of phenolic OH excluding ortho intramolecular Hbond substituents is 4. The number of aromatic carboxylic acids is 1. The van der Waals surface area contributed by atoms with Crippen LogP contribution in [0.25, 0.3) is 11.1 Å². The van der Waals surface area contributed by atoms with Crippen LogP contribution in [-0.2, 0) is 14.3 Å². The van der Waals surface area contributed by atoms with Crippen LogP contribution in [0.4, 0.5) is 35.1 Å². The molecule has 4 heterocycles. The third-order valence-electron chi connectivity index (χ3n) is 23.8. The van der Waals surface area contributed by atoms with Gasteiger partial charge in [-0.2, -0.15) is 0 Å². The van der Waals surface area contributed by atoms with Crippen molar-refractivity contribution >= 4 is 150 Å². The molecule has 13 nitrogen and oxygen atoms in total. The van der Waals surface area contributed by atoms with E-state index >= 15 is 26.3 Å². The van der Waals surface area contributed by atoms with Crippen molar-refractivity contribution in [3.8, 4) is 28.7 Å². The van der Waals surface area contributed by atoms with Crippen molar-refractivity contribution in [2.45, 2.75) is 138 Å². The molecule has 0 fully saturated rings. The fourth-order valence-corrected chi connectivity index (χ4v) is 31.7. The number of rotatable bonds is 6. The number of phenols is 4. The maximum atomic E-state index is 15.7. The van der Waals surface area contributed by atoms with Crippen molar-refractivity contribution in [1.29, 1.82) is 0 Å². The molecule has 0 atom stereocenters. The number of ether oxygens (including phenoxy) is 1. The Morgan fingerprint density at radius 2 is 0.709 bits per heavy atom. The monoisotopic (exact) mass is 1940 g/mol. The van der Waals surface area contributed by atoms with Gasteiger partial charge >= 0.3 is 11.9 Å². The minimum atomic E-state index is -3.08. The van der Waals surface area contributed by atoms with Crippen LogP contribution >= 0.6 is 31.9 Å². The van der Waals surface area contributed by atoms with Crippen molar-refractivity contribution in [3.05, 3.63) is 344 Å². The van der Waals surface area contributed by atoms with Crippen molar-refractivity contribution in [2.24, 2.45) is 0 Å². The molecule has 0 saturated carbocycles. The highest BCUT2D eigenvalue weighted by Crippen LogP contribution is 2.48. The smallest absolute Gasteiger partial charge is 0.339 e. The zero-order chi connectivity index (χ0) is 94.1. The Labute approximate surface area is 753 Å². The lowest BCUT2D eigenvalue weighted by atomic mass is 9.87. The highest BCUT2D eigenvalue weighted by Gasteiger charge is 2.51. The van der Waals surface area contributed by atoms with Gasteiger partial charge in [-0.1, -0.05) is 198 Å². The summed E-state index contributed by atoms with van der Waals surface area (Å²) in [5.74, 6) is -11.8. The number of ketones is 4. The van der Waals surface area contributed by atoms with Gasteiger partial charge in [0.05, 0.1) is 11.1 Å². The lowest BCUT2D eigenvalue weighted by Crippen LogP contribution is -2.62. The second-order valence-corrected chi connectivity index (χ2v) is 59.4. The van der Waals surface area contributed by atoms with E-state index in [0.29, 0.717) is 76.4 Å². The van der Waals surface area contributed by atoms with Crippen LogP contribution in [0.15, 0.2) is 236 Å². The normalized spacial score (nSPS) is 15.6. The van der Waals surface area contributed by atoms with Crippen LogP contribution in [0.5, 0.6) is 28.7 Å². The summed E-state index contributed by atoms with van der Waals surface area (Å²) < 4.78 is 133. The molecule has 16 rings (SSSR count). The van der Waals surface area contributed by atoms with E-state index in [0.717, 1.165) is 33.8 Å². The van der Waals surface area contributed by atoms with Gasteiger partial charge in [0, 0.05) is 31.2 Å². The number of hydrogen-bond donors (Lipinski definition) is 5. The van der Waals surface area contributed by atoms with Gasteiger partial charge in [-0.05, 0) is 263 Å². The van der Waals surface area contributed by atoms with E-state index in [-0.39, 0.29) is 71.4 Å². The maximum Gasteiger partial charge on any atom is 0.339 e. The lowest BCUT2D eigenvalue weighted by molar-refractivity contribution is -0.113. The molecule has 10 aromatic carbocycles. The van der Waals surface area contributed by atoms with Gasteiger partial charge in [-0.25, -0.2) is 44.7 Å². The molecule has 28 heteroatoms. The Kier molecular flexibility index (Phi) is 27.4. The third-order valence-corrected chi connectivity index (χ3v) is 43.6. The minimum absolute atomic E-state index is 0.0270. The summed E-state index contributed by atoms with van der Waals surface area (Å²) in [4.78, 5) is 73.0. The molecular weight excluding hydrogens is 1850 g/mol. The molecule has 0 unspecified atom stereocenters. The number of benzene rings is 10. The van der Waals surface area contributed by atoms with Crippen LogP contribution in [0.1, 0.15) is 133 Å². The first kappa shape index (κ1) is 96.4. The molecule has 658 valence electrons. The first-order valence-corrected chi connectivity index (χ1v) is 56.9. The van der Waals surface area contributed by atoms with Gasteiger partial charge < -0.3 is 34.7 Å². The van der Waals surface area contributed by atoms with Crippen LogP contribution in [0.3, 0.4) is 0 Å². The summed E-state index contributed by atoms with van der Waals surface area (Å²) in [5.41, 5.74) is 8.05. The van der Waals surface area contributed by atoms with E-state index in [1.807, 2.05) is 115 Å². The fraction of sp³-hybridized carbons (Fsp3) is 0.212. The molecule has 0 spiro atoms. The number of aryl methyl sites for hydroxylation is 3. The zero-order valence-electron chi connectivity index (χ0n) is 73.3. The Morgan fingerprint density at radius 1 is 0.370 bits per heavy atom. The average Bonchev–Trinajstić information content (AvgIpc) is 0.705. The second-order valence-electron chi connectivity index (χ2n) is 36.0. The quantitative estimate of drug-likeness (QED) is 0.0595. The van der Waals surface area contributed by atoms with Gasteiger partial charge in [0.2, 0.25) is 11.6 Å². The summed E-state index contributed by atoms with van der Waals surface area (Å²) in [6.45, 7) is 35.8. The number of carboxylic acids is 1. The fourth-order valence-electron chi connectivity index (χ4n) is 16.5. The molecule has 6 aliphatic rings. The van der Waals surface area contributed by atoms with Crippen LogP contribution < -0.4 is 35.5 Å². The lowest BCUT2D eigenvalue weighted by Gasteiger charge is -2.38. The average molecular weight is 1940 g/mol. The van der Waals surface area contributed by atoms with E-state index in [1.54, 1.807) is 93.8 Å². The number of esters is 1. The minimum Gasteiger partial charge on any atom is -0.542 e. The summed E-state index contributed by atoms with van der Waals surface area (Å²) in [6.07, 6.45) is 5.45. The predicted octanol–water partition coefficient (Wildman–Crippen LogP) is 21.3. The summed E-state index contributed by atoms with van der Waals surface area (Å²) in [6, 6.07) is 46.4. The molecular formula is C99H94Br2F8O13Si5. The SMILES string of the molecule is CC(C)(C)OC(=O)c1ccccc1Br.C[Si]1(C)C2=C(F)C(=O)C=CC2=C(c2ccccc2C(=O)O)c2ccc(O)c(F)c21.C[Si]1(C)c2c(ccc(O)c2F)C(=O)c2ccc(O)c(F)c21.Cc1ccc2c(c1F)[Si](C)(C)c1c(ccc(O[Si](C)(C)C(C)(C)C)c1F)C2=O.Cc1ccccc1Br.Cc1ccccc1C1=C2C=CC(=O)C(F)=C2[Si](C)(C)c2c1ccc(O)c2F. The molecule has 4 aliphatic heterocycles. The van der Waals surface area contributed by atoms with Crippen LogP contribution in [-0.4, -0.2) is 107 Å². The number of allylic oxidation sites excluding steroid dienone is 10. The third kappa shape index (κ3) is 18.1. The number of halogens is 10. The van der Waals surface area contributed by atoms with E-state index in [2.05, 4.69) is 78.7 Å². The van der Waals surface area contributed by atoms with Gasteiger partial charge in [0.1, 0.15) is 49.5 Å². The number of fused-ring (bicyclic) bond motifs is 8. The summed E-state index contributed by atoms with van der Waals surface area (Å²) in [5, 5.41) is 50.4. The highest BCUT2D eigenvalue weighted by atomic mass is 79.9. The first-order chi connectivity index (χ1) is 59.1. The Bertz CT molecular complexity index is 6440. The van der Waals surface area contributed by atoms with E-state index in [9.17, 15) is 63.1 Å². The second kappa shape index (κ2) is 36.1. The van der Waals surface area contributed by atoms with Gasteiger partial charge in [0.25, 0.3) is 8.32 Å². The Morgan fingerprint density at radius 3 is 1.09 bits per heavy atom. The standard InChI is InChI=1S/C22H16F2O4Si.C22H28F2O2Si2.C22H18F2O2Si.C15H12F2O3Si.C11H13BrO2.C7H7Br/c1-29(2)20-13(7-9-15(25)18(20)23)17(11-5-3-4-6-12(11)22(27)28)14-8-10-16(26)19(24)21(14)29;1-13-9-10-14-19(25)15-11-12-16(26-28(7,8)22(2,3)4)18(24)21(15)27(5,6)20(14)17(13)23;1-12-6-4-5-7-13(12)18-14-8-10-16(25)19(23)21(14)27(2,3)22-15(18)9-11-17(26)20(22)24;1-21(2)14-7(3-5-9(18)11(14)16)13(20)8-4-6-10(19)12(17)15(8)21;1-11(2,3)14-10(13)8-6-4-5-7-9(8)12;1-6-4-2-3-5-7(6)8/h3-10,25H,1-2H3,(H,27,28);9-12H,1-8H3;4-11,25H,1-3H3;3-6,18-19H,1-2H3;4-7H,1-3H3;2-5H,1H3. The van der Waals surface area contributed by atoms with E-state index < -0.39 is 133 Å². The van der Waals surface area contributed by atoms with Gasteiger partial charge in [-0.3, -0.25) is 19.2 Å². The first-order valence-electron chi connectivity index (χ1n) is 40.4. The van der Waals surface area contributed by atoms with Crippen molar-refractivity contribution < 1.29 is 98.6 Å². The largest absolute Gasteiger partial charge is 0.542 e. The van der Waals surface area contributed by atoms with E-state index in [1.165, 1.54) is 58.6 Å². The Balaban J connectivity index is 0.000000153. The number of aromatic hydroxyl groups is 4. The summed E-state index contributed by atoms with van der Waals surface area (Å²) in [7, 11) is -13.9. The van der Waals surface area contributed by atoms with Crippen molar-refractivity contribution in [3.63, 3.8) is 0 Å². The molecule has 0 amide bonds. The highest BCUT2D eigenvalue weighted by molar-refractivity contribution is 9.10. The van der Waals surface area contributed by atoms with Crippen molar-refractivity contribution in [2.75, 3.05) is 0 Å². The van der Waals surface area contributed by atoms with Crippen molar-refractivity contribution in [1.82, 2.24) is 0 Å². The zero-order valence-corrected chi connectivity index (χ0v) is 81.4.